The minimum atomic E-state index is -4.08. The Labute approximate surface area is 199 Å². The van der Waals surface area contributed by atoms with Crippen molar-refractivity contribution < 1.29 is 22.7 Å². The Hall–Kier alpha value is -3.78. The zero-order chi connectivity index (χ0) is 24.1. The molecule has 3 aromatic rings. The second-order valence-electron chi connectivity index (χ2n) is 7.54. The maximum atomic E-state index is 13.6. The molecule has 1 heterocycles. The van der Waals surface area contributed by atoms with E-state index in [9.17, 15) is 13.2 Å². The Morgan fingerprint density at radius 3 is 2.38 bits per heavy atom. The number of nitrogens with one attached hydrogen (secondary N) is 1. The molecule has 7 nitrogen and oxygen atoms in total. The van der Waals surface area contributed by atoms with Gasteiger partial charge in [0.05, 0.1) is 19.3 Å². The topological polar surface area (TPSA) is 84.9 Å². The number of amides is 1. The number of rotatable bonds is 8. The van der Waals surface area contributed by atoms with Gasteiger partial charge in [-0.1, -0.05) is 54.6 Å². The van der Waals surface area contributed by atoms with Crippen LogP contribution in [0.15, 0.2) is 83.8 Å². The van der Waals surface area contributed by atoms with Crippen molar-refractivity contribution in [2.75, 3.05) is 31.1 Å². The van der Waals surface area contributed by atoms with E-state index in [1.54, 1.807) is 50.4 Å². The normalized spacial score (nSPS) is 14.4. The van der Waals surface area contributed by atoms with E-state index in [-0.39, 0.29) is 24.6 Å². The molecule has 0 aromatic heterocycles. The van der Waals surface area contributed by atoms with Crippen LogP contribution < -0.4 is 19.1 Å². The molecule has 0 radical (unpaired) electrons. The first-order valence-electron chi connectivity index (χ1n) is 10.9. The standard InChI is InChI=1S/C26H26N2O5S/c1-3-28-23-15-8-7-14-22(23)24(19-10-5-4-6-11-19)25(34(28,30)31)26(29)27-16-17-33-21-13-9-12-20(18-21)32-2/h4-15,18H,3,16-17H2,1-2H3,(H,27,29). The van der Waals surface area contributed by atoms with Crippen molar-refractivity contribution >= 4 is 27.2 Å². The molecule has 0 atom stereocenters. The molecule has 0 unspecified atom stereocenters. The highest BCUT2D eigenvalue weighted by atomic mass is 32.2. The van der Waals surface area contributed by atoms with Crippen molar-refractivity contribution in [3.63, 3.8) is 0 Å². The fraction of sp³-hybridized carbons (Fsp3) is 0.192. The lowest BCUT2D eigenvalue weighted by Gasteiger charge is -2.32. The summed E-state index contributed by atoms with van der Waals surface area (Å²) >= 11 is 0. The van der Waals surface area contributed by atoms with E-state index in [0.717, 1.165) is 0 Å². The highest BCUT2D eigenvalue weighted by molar-refractivity contribution is 7.97. The summed E-state index contributed by atoms with van der Waals surface area (Å²) < 4.78 is 39.4. The minimum absolute atomic E-state index is 0.130. The maximum Gasteiger partial charge on any atom is 0.270 e. The number of hydrogen-bond acceptors (Lipinski definition) is 5. The number of carbonyl (C=O) groups is 1. The predicted molar refractivity (Wildman–Crippen MR) is 132 cm³/mol. The van der Waals surface area contributed by atoms with Crippen LogP contribution in [-0.2, 0) is 14.8 Å². The zero-order valence-electron chi connectivity index (χ0n) is 19.0. The van der Waals surface area contributed by atoms with Gasteiger partial charge in [-0.2, -0.15) is 0 Å². The molecule has 8 heteroatoms. The largest absolute Gasteiger partial charge is 0.497 e. The van der Waals surface area contributed by atoms with Crippen LogP contribution >= 0.6 is 0 Å². The maximum absolute atomic E-state index is 13.6. The summed E-state index contributed by atoms with van der Waals surface area (Å²) in [7, 11) is -2.51. The molecule has 0 bridgehead atoms. The highest BCUT2D eigenvalue weighted by Gasteiger charge is 2.40. The van der Waals surface area contributed by atoms with Crippen molar-refractivity contribution in [2.45, 2.75) is 6.92 Å². The molecule has 34 heavy (non-hydrogen) atoms. The van der Waals surface area contributed by atoms with Gasteiger partial charge in [0.1, 0.15) is 18.1 Å². The molecule has 0 saturated carbocycles. The molecule has 0 saturated heterocycles. The molecule has 1 aliphatic heterocycles. The molecule has 1 amide bonds. The number of hydrogen-bond donors (Lipinski definition) is 1. The Bertz CT molecular complexity index is 1320. The van der Waals surface area contributed by atoms with Crippen LogP contribution in [0.5, 0.6) is 11.5 Å². The first kappa shape index (κ1) is 23.4. The van der Waals surface area contributed by atoms with E-state index in [1.807, 2.05) is 42.5 Å². The van der Waals surface area contributed by atoms with E-state index >= 15 is 0 Å². The van der Waals surface area contributed by atoms with Crippen molar-refractivity contribution in [1.82, 2.24) is 5.32 Å². The van der Waals surface area contributed by atoms with Crippen LogP contribution in [0.25, 0.3) is 5.57 Å². The average molecular weight is 479 g/mol. The highest BCUT2D eigenvalue weighted by Crippen LogP contribution is 2.42. The van der Waals surface area contributed by atoms with Crippen LogP contribution in [-0.4, -0.2) is 41.1 Å². The fourth-order valence-electron chi connectivity index (χ4n) is 3.96. The molecular weight excluding hydrogens is 452 g/mol. The fourth-order valence-corrected chi connectivity index (χ4v) is 5.73. The van der Waals surface area contributed by atoms with E-state index in [1.165, 1.54) is 4.31 Å². The minimum Gasteiger partial charge on any atom is -0.497 e. The molecule has 1 aliphatic rings. The number of para-hydroxylation sites is 1. The summed E-state index contributed by atoms with van der Waals surface area (Å²) in [6.07, 6.45) is 0. The van der Waals surface area contributed by atoms with Gasteiger partial charge in [-0.3, -0.25) is 9.10 Å². The monoisotopic (exact) mass is 478 g/mol. The molecule has 4 rings (SSSR count). The number of fused-ring (bicyclic) bond motifs is 1. The molecular formula is C26H26N2O5S. The number of ether oxygens (including phenoxy) is 2. The first-order valence-corrected chi connectivity index (χ1v) is 12.4. The molecule has 1 N–H and O–H groups in total. The van der Waals surface area contributed by atoms with E-state index in [4.69, 9.17) is 9.47 Å². The number of anilines is 1. The van der Waals surface area contributed by atoms with Crippen molar-refractivity contribution in [3.05, 3.63) is 94.9 Å². The lowest BCUT2D eigenvalue weighted by Crippen LogP contribution is -2.42. The number of sulfonamides is 1. The summed E-state index contributed by atoms with van der Waals surface area (Å²) in [5.41, 5.74) is 2.31. The van der Waals surface area contributed by atoms with E-state index in [0.29, 0.717) is 33.9 Å². The van der Waals surface area contributed by atoms with Gasteiger partial charge in [-0.15, -0.1) is 0 Å². The van der Waals surface area contributed by atoms with Crippen molar-refractivity contribution in [2.24, 2.45) is 0 Å². The third kappa shape index (κ3) is 4.49. The van der Waals surface area contributed by atoms with Gasteiger partial charge in [-0.25, -0.2) is 8.42 Å². The van der Waals surface area contributed by atoms with Crippen LogP contribution in [0, 0.1) is 0 Å². The Balaban J connectivity index is 1.66. The quantitative estimate of drug-likeness (QED) is 0.498. The van der Waals surface area contributed by atoms with Gasteiger partial charge >= 0.3 is 0 Å². The summed E-state index contributed by atoms with van der Waals surface area (Å²) in [6.45, 7) is 2.25. The van der Waals surface area contributed by atoms with Gasteiger partial charge in [0.2, 0.25) is 0 Å². The van der Waals surface area contributed by atoms with E-state index in [2.05, 4.69) is 5.32 Å². The van der Waals surface area contributed by atoms with E-state index < -0.39 is 15.9 Å². The van der Waals surface area contributed by atoms with Crippen molar-refractivity contribution in [3.8, 4) is 11.5 Å². The predicted octanol–water partition coefficient (Wildman–Crippen LogP) is 3.82. The first-order chi connectivity index (χ1) is 16.5. The second-order valence-corrected chi connectivity index (χ2v) is 9.34. The molecule has 0 fully saturated rings. The van der Waals surface area contributed by atoms with Gasteiger partial charge < -0.3 is 14.8 Å². The lowest BCUT2D eigenvalue weighted by molar-refractivity contribution is -0.116. The van der Waals surface area contributed by atoms with Crippen LogP contribution in [0.2, 0.25) is 0 Å². The van der Waals surface area contributed by atoms with Crippen molar-refractivity contribution in [1.29, 1.82) is 0 Å². The molecule has 176 valence electrons. The zero-order valence-corrected chi connectivity index (χ0v) is 19.8. The van der Waals surface area contributed by atoms with Gasteiger partial charge in [0, 0.05) is 23.7 Å². The Morgan fingerprint density at radius 2 is 1.65 bits per heavy atom. The van der Waals surface area contributed by atoms with Gasteiger partial charge in [0.15, 0.2) is 4.91 Å². The summed E-state index contributed by atoms with van der Waals surface area (Å²) in [5, 5.41) is 2.72. The van der Waals surface area contributed by atoms with Gasteiger partial charge in [-0.05, 0) is 30.7 Å². The smallest absolute Gasteiger partial charge is 0.270 e. The van der Waals surface area contributed by atoms with Gasteiger partial charge in [0.25, 0.3) is 15.9 Å². The Kier molecular flexibility index (Phi) is 6.88. The molecule has 0 spiro atoms. The van der Waals surface area contributed by atoms with Crippen LogP contribution in [0.3, 0.4) is 0 Å². The molecule has 3 aromatic carbocycles. The Morgan fingerprint density at radius 1 is 0.941 bits per heavy atom. The number of nitrogens with zero attached hydrogens (tertiary/aromatic N) is 1. The second kappa shape index (κ2) is 10.0. The SMILES string of the molecule is CCN1c2ccccc2C(c2ccccc2)=C(C(=O)NCCOc2cccc(OC)c2)S1(=O)=O. The number of methoxy groups -OCH3 is 1. The van der Waals surface area contributed by atoms with Crippen LogP contribution in [0.1, 0.15) is 18.1 Å². The van der Waals surface area contributed by atoms with Crippen LogP contribution in [0.4, 0.5) is 5.69 Å². The molecule has 0 aliphatic carbocycles. The summed E-state index contributed by atoms with van der Waals surface area (Å²) in [4.78, 5) is 13.1. The summed E-state index contributed by atoms with van der Waals surface area (Å²) in [6, 6.07) is 23.5. The summed E-state index contributed by atoms with van der Waals surface area (Å²) in [5.74, 6) is 0.584. The number of carbonyl (C=O) groups excluding carboxylic acids is 1. The number of benzene rings is 3. The average Bonchev–Trinajstić information content (AvgIpc) is 2.86. The third-order valence-corrected chi connectivity index (χ3v) is 7.41. The lowest BCUT2D eigenvalue weighted by atomic mass is 9.95. The third-order valence-electron chi connectivity index (χ3n) is 5.47.